The van der Waals surface area contributed by atoms with Crippen molar-refractivity contribution in [3.8, 4) is 0 Å². The van der Waals surface area contributed by atoms with Crippen molar-refractivity contribution in [3.63, 3.8) is 0 Å². The summed E-state index contributed by atoms with van der Waals surface area (Å²) in [5.74, 6) is 0. The third kappa shape index (κ3) is 0.833. The molecule has 0 aromatic heterocycles. The molecule has 0 fully saturated rings. The smallest absolute Gasteiger partial charge is 0.111 e. The standard InChI is InChI=1S/C7H7NS/c1-9-5-2-3-6-7(4-5)8-6/h2-4,7H,1H3. The molecule has 0 aromatic rings. The molecule has 9 heavy (non-hydrogen) atoms. The highest BCUT2D eigenvalue weighted by Crippen LogP contribution is 2.26. The molecule has 0 radical (unpaired) electrons. The Kier molecular flexibility index (Phi) is 1.02. The lowest BCUT2D eigenvalue weighted by atomic mass is 10.2. The molecule has 0 N–H and O–H groups in total. The van der Waals surface area contributed by atoms with Gasteiger partial charge in [-0.1, -0.05) is 0 Å². The van der Waals surface area contributed by atoms with Crippen molar-refractivity contribution in [1.29, 1.82) is 0 Å². The van der Waals surface area contributed by atoms with E-state index in [1.807, 2.05) is 0 Å². The van der Waals surface area contributed by atoms with Crippen molar-refractivity contribution in [2.24, 2.45) is 4.99 Å². The van der Waals surface area contributed by atoms with Gasteiger partial charge < -0.3 is 0 Å². The molecular weight excluding hydrogens is 130 g/mol. The van der Waals surface area contributed by atoms with E-state index in [9.17, 15) is 0 Å². The fourth-order valence-corrected chi connectivity index (χ4v) is 1.37. The summed E-state index contributed by atoms with van der Waals surface area (Å²) < 4.78 is 0. The Labute approximate surface area is 58.6 Å². The maximum Gasteiger partial charge on any atom is 0.111 e. The highest BCUT2D eigenvalue weighted by atomic mass is 32.2. The maximum absolute atomic E-state index is 4.19. The van der Waals surface area contributed by atoms with Gasteiger partial charge in [0.25, 0.3) is 0 Å². The minimum absolute atomic E-state index is 0.456. The largest absolute Gasteiger partial charge is 0.273 e. The van der Waals surface area contributed by atoms with Crippen LogP contribution in [0.2, 0.25) is 0 Å². The average molecular weight is 137 g/mol. The van der Waals surface area contributed by atoms with E-state index in [1.54, 1.807) is 11.8 Å². The molecule has 46 valence electrons. The van der Waals surface area contributed by atoms with E-state index < -0.39 is 0 Å². The molecule has 0 aromatic carbocycles. The fraction of sp³-hybridized carbons (Fsp3) is 0.286. The van der Waals surface area contributed by atoms with E-state index >= 15 is 0 Å². The number of allylic oxidation sites excluding steroid dienone is 1. The van der Waals surface area contributed by atoms with Crippen LogP contribution < -0.4 is 0 Å². The second-order valence-corrected chi connectivity index (χ2v) is 2.98. The minimum Gasteiger partial charge on any atom is -0.273 e. The maximum atomic E-state index is 4.19. The van der Waals surface area contributed by atoms with E-state index in [2.05, 4.69) is 29.5 Å². The summed E-state index contributed by atoms with van der Waals surface area (Å²) in [5.41, 5.74) is 1.24. The SMILES string of the molecule is CSC1=CC2N=C2C=C1. The molecule has 1 heterocycles. The molecule has 2 heteroatoms. The summed E-state index contributed by atoms with van der Waals surface area (Å²) in [6.45, 7) is 0. The highest BCUT2D eigenvalue weighted by Gasteiger charge is 2.24. The second kappa shape index (κ2) is 1.74. The molecule has 1 unspecified atom stereocenters. The van der Waals surface area contributed by atoms with Crippen LogP contribution in [0.25, 0.3) is 0 Å². The third-order valence-electron chi connectivity index (χ3n) is 1.50. The molecule has 0 spiro atoms. The van der Waals surface area contributed by atoms with Crippen LogP contribution in [0.4, 0.5) is 0 Å². The van der Waals surface area contributed by atoms with Gasteiger partial charge in [0, 0.05) is 4.91 Å². The summed E-state index contributed by atoms with van der Waals surface area (Å²) in [5, 5.41) is 0. The molecule has 1 aliphatic heterocycles. The molecule has 2 rings (SSSR count). The predicted molar refractivity (Wildman–Crippen MR) is 42.0 cm³/mol. The Morgan fingerprint density at radius 1 is 1.56 bits per heavy atom. The number of aliphatic imine (C=N–C) groups is 1. The van der Waals surface area contributed by atoms with Gasteiger partial charge in [-0.2, -0.15) is 0 Å². The van der Waals surface area contributed by atoms with Crippen LogP contribution in [-0.2, 0) is 0 Å². The normalized spacial score (nSPS) is 28.8. The number of hydrogen-bond donors (Lipinski definition) is 0. The molecule has 0 bridgehead atoms. The summed E-state index contributed by atoms with van der Waals surface area (Å²) in [6, 6.07) is 0.456. The van der Waals surface area contributed by atoms with Crippen molar-refractivity contribution >= 4 is 17.5 Å². The molecule has 0 saturated heterocycles. The number of nitrogens with zero attached hydrogens (tertiary/aromatic N) is 1. The van der Waals surface area contributed by atoms with E-state index in [1.165, 1.54) is 10.6 Å². The lowest BCUT2D eigenvalue weighted by molar-refractivity contribution is 1.28. The van der Waals surface area contributed by atoms with E-state index in [0.29, 0.717) is 6.04 Å². The average Bonchev–Trinajstić information content (AvgIpc) is 2.64. The minimum atomic E-state index is 0.456. The number of rotatable bonds is 1. The first-order valence-electron chi connectivity index (χ1n) is 2.92. The van der Waals surface area contributed by atoms with Crippen molar-refractivity contribution in [1.82, 2.24) is 0 Å². The summed E-state index contributed by atoms with van der Waals surface area (Å²) in [7, 11) is 0. The number of hydrogen-bond acceptors (Lipinski definition) is 2. The van der Waals surface area contributed by atoms with Gasteiger partial charge in [-0.05, 0) is 24.5 Å². The Morgan fingerprint density at radius 2 is 2.44 bits per heavy atom. The zero-order valence-corrected chi connectivity index (χ0v) is 5.98. The Balaban J connectivity index is 2.20. The van der Waals surface area contributed by atoms with Gasteiger partial charge >= 0.3 is 0 Å². The lowest BCUT2D eigenvalue weighted by Crippen LogP contribution is -1.94. The monoisotopic (exact) mass is 137 g/mol. The van der Waals surface area contributed by atoms with Crippen LogP contribution in [0.15, 0.2) is 28.1 Å². The Hall–Kier alpha value is -0.500. The zero-order chi connectivity index (χ0) is 6.27. The molecule has 0 amide bonds. The van der Waals surface area contributed by atoms with Crippen LogP contribution in [0.3, 0.4) is 0 Å². The van der Waals surface area contributed by atoms with E-state index in [4.69, 9.17) is 0 Å². The summed E-state index contributed by atoms with van der Waals surface area (Å²) in [4.78, 5) is 5.53. The molecule has 0 saturated carbocycles. The fourth-order valence-electron chi connectivity index (χ4n) is 0.902. The van der Waals surface area contributed by atoms with E-state index in [0.717, 1.165) is 0 Å². The van der Waals surface area contributed by atoms with E-state index in [-0.39, 0.29) is 0 Å². The van der Waals surface area contributed by atoms with Gasteiger partial charge in [0.05, 0.1) is 5.71 Å². The molecule has 1 nitrogen and oxygen atoms in total. The lowest BCUT2D eigenvalue weighted by Gasteiger charge is -1.97. The van der Waals surface area contributed by atoms with Gasteiger partial charge in [0.15, 0.2) is 0 Å². The third-order valence-corrected chi connectivity index (χ3v) is 2.24. The van der Waals surface area contributed by atoms with Gasteiger partial charge in [-0.15, -0.1) is 11.8 Å². The number of fused-ring (bicyclic) bond motifs is 1. The molecular formula is C7H7NS. The van der Waals surface area contributed by atoms with Gasteiger partial charge in [-0.25, -0.2) is 0 Å². The van der Waals surface area contributed by atoms with Crippen LogP contribution in [-0.4, -0.2) is 18.0 Å². The first kappa shape index (κ1) is 5.30. The van der Waals surface area contributed by atoms with Gasteiger partial charge in [0.1, 0.15) is 6.04 Å². The van der Waals surface area contributed by atoms with Gasteiger partial charge in [-0.3, -0.25) is 4.99 Å². The van der Waals surface area contributed by atoms with Gasteiger partial charge in [0.2, 0.25) is 0 Å². The topological polar surface area (TPSA) is 12.4 Å². The number of thioether (sulfide) groups is 1. The first-order chi connectivity index (χ1) is 4.40. The zero-order valence-electron chi connectivity index (χ0n) is 5.16. The highest BCUT2D eigenvalue weighted by molar-refractivity contribution is 8.02. The van der Waals surface area contributed by atoms with Crippen molar-refractivity contribution < 1.29 is 0 Å². The van der Waals surface area contributed by atoms with Crippen LogP contribution >= 0.6 is 11.8 Å². The van der Waals surface area contributed by atoms with Crippen molar-refractivity contribution in [2.45, 2.75) is 6.04 Å². The summed E-state index contributed by atoms with van der Waals surface area (Å²) in [6.07, 6.45) is 8.49. The summed E-state index contributed by atoms with van der Waals surface area (Å²) >= 11 is 1.78. The van der Waals surface area contributed by atoms with Crippen molar-refractivity contribution in [2.75, 3.05) is 6.26 Å². The molecule has 2 aliphatic rings. The molecule has 1 aliphatic carbocycles. The van der Waals surface area contributed by atoms with Crippen LogP contribution in [0, 0.1) is 0 Å². The molecule has 1 atom stereocenters. The van der Waals surface area contributed by atoms with Crippen LogP contribution in [0.1, 0.15) is 0 Å². The first-order valence-corrected chi connectivity index (χ1v) is 4.14. The Bertz CT molecular complexity index is 225. The predicted octanol–water partition coefficient (Wildman–Crippen LogP) is 1.63. The van der Waals surface area contributed by atoms with Crippen molar-refractivity contribution in [3.05, 3.63) is 23.1 Å². The quantitative estimate of drug-likeness (QED) is 0.535. The second-order valence-electron chi connectivity index (χ2n) is 2.11. The Morgan fingerprint density at radius 3 is 3.11 bits per heavy atom. The van der Waals surface area contributed by atoms with Crippen LogP contribution in [0.5, 0.6) is 0 Å².